The number of hydrogen-bond acceptors (Lipinski definition) is 4. The Morgan fingerprint density at radius 1 is 1.18 bits per heavy atom. The number of carbonyl (C=O) groups is 1. The van der Waals surface area contributed by atoms with Crippen LogP contribution in [-0.2, 0) is 4.79 Å². The lowest BCUT2D eigenvalue weighted by atomic mass is 10.0. The van der Waals surface area contributed by atoms with Gasteiger partial charge in [-0.1, -0.05) is 24.3 Å². The van der Waals surface area contributed by atoms with E-state index in [2.05, 4.69) is 46.5 Å². The van der Waals surface area contributed by atoms with Gasteiger partial charge in [0, 0.05) is 37.6 Å². The summed E-state index contributed by atoms with van der Waals surface area (Å²) in [5, 5.41) is 3.42. The molecule has 1 aromatic heterocycles. The van der Waals surface area contributed by atoms with Crippen molar-refractivity contribution < 1.29 is 4.79 Å². The molecular formula is C17H20N4O. The monoisotopic (exact) mass is 296 g/mol. The van der Waals surface area contributed by atoms with Gasteiger partial charge in [0.2, 0.25) is 5.91 Å². The van der Waals surface area contributed by atoms with Gasteiger partial charge in [-0.3, -0.25) is 10.1 Å². The van der Waals surface area contributed by atoms with Crippen LogP contribution in [0.3, 0.4) is 0 Å². The van der Waals surface area contributed by atoms with E-state index in [0.29, 0.717) is 0 Å². The minimum absolute atomic E-state index is 0.0674. The standard InChI is InChI=1S/C17H20N4O/c1-12(20-16-7-8-21(2)17(16)22)13-3-5-14(6-4-13)15-9-18-11-19-10-15/h3-6,9-12,16,20H,7-8H2,1-2H3/t12-,16-/m1/s1. The smallest absolute Gasteiger partial charge is 0.239 e. The highest BCUT2D eigenvalue weighted by Gasteiger charge is 2.29. The van der Waals surface area contributed by atoms with Crippen molar-refractivity contribution in [1.82, 2.24) is 20.2 Å². The average molecular weight is 296 g/mol. The molecule has 1 aromatic carbocycles. The summed E-state index contributed by atoms with van der Waals surface area (Å²) in [6, 6.07) is 8.37. The number of amides is 1. The summed E-state index contributed by atoms with van der Waals surface area (Å²) in [4.78, 5) is 21.8. The summed E-state index contributed by atoms with van der Waals surface area (Å²) < 4.78 is 0. The number of nitrogens with one attached hydrogen (secondary N) is 1. The first-order chi connectivity index (χ1) is 10.6. The average Bonchev–Trinajstić information content (AvgIpc) is 2.88. The quantitative estimate of drug-likeness (QED) is 0.938. The topological polar surface area (TPSA) is 58.1 Å². The maximum Gasteiger partial charge on any atom is 0.239 e. The molecule has 3 rings (SSSR count). The van der Waals surface area contributed by atoms with Crippen LogP contribution in [0.15, 0.2) is 43.0 Å². The van der Waals surface area contributed by atoms with Crippen molar-refractivity contribution in [2.24, 2.45) is 0 Å². The third kappa shape index (κ3) is 2.99. The highest BCUT2D eigenvalue weighted by Crippen LogP contribution is 2.22. The van der Waals surface area contributed by atoms with Crippen molar-refractivity contribution >= 4 is 5.91 Å². The van der Waals surface area contributed by atoms with E-state index >= 15 is 0 Å². The molecule has 0 unspecified atom stereocenters. The fraction of sp³-hybridized carbons (Fsp3) is 0.353. The lowest BCUT2D eigenvalue weighted by Gasteiger charge is -2.19. The first kappa shape index (κ1) is 14.7. The normalized spacial score (nSPS) is 19.5. The number of rotatable bonds is 4. The summed E-state index contributed by atoms with van der Waals surface area (Å²) >= 11 is 0. The molecule has 1 fully saturated rings. The van der Waals surface area contributed by atoms with Gasteiger partial charge in [-0.25, -0.2) is 9.97 Å². The summed E-state index contributed by atoms with van der Waals surface area (Å²) in [7, 11) is 1.85. The van der Waals surface area contributed by atoms with Crippen LogP contribution in [0.25, 0.3) is 11.1 Å². The molecule has 0 aliphatic carbocycles. The zero-order valence-electron chi connectivity index (χ0n) is 12.9. The molecule has 0 saturated carbocycles. The van der Waals surface area contributed by atoms with Crippen LogP contribution < -0.4 is 5.32 Å². The Balaban J connectivity index is 1.69. The van der Waals surface area contributed by atoms with Crippen LogP contribution in [0.1, 0.15) is 24.9 Å². The van der Waals surface area contributed by atoms with Crippen LogP contribution in [0.5, 0.6) is 0 Å². The highest BCUT2D eigenvalue weighted by molar-refractivity contribution is 5.83. The lowest BCUT2D eigenvalue weighted by molar-refractivity contribution is -0.128. The molecule has 1 aliphatic heterocycles. The summed E-state index contributed by atoms with van der Waals surface area (Å²) in [5.41, 5.74) is 3.26. The van der Waals surface area contributed by atoms with E-state index < -0.39 is 0 Å². The van der Waals surface area contributed by atoms with E-state index in [1.54, 1.807) is 17.3 Å². The van der Waals surface area contributed by atoms with Gasteiger partial charge >= 0.3 is 0 Å². The Bertz CT molecular complexity index is 641. The second-order valence-corrected chi connectivity index (χ2v) is 5.74. The molecule has 2 aromatic rings. The summed E-state index contributed by atoms with van der Waals surface area (Å²) in [6.45, 7) is 2.92. The van der Waals surface area contributed by atoms with E-state index in [0.717, 1.165) is 24.1 Å². The Hall–Kier alpha value is -2.27. The molecule has 2 atom stereocenters. The summed E-state index contributed by atoms with van der Waals surface area (Å²) in [6.07, 6.45) is 6.01. The van der Waals surface area contributed by atoms with E-state index in [9.17, 15) is 4.79 Å². The van der Waals surface area contributed by atoms with Crippen molar-refractivity contribution in [3.63, 3.8) is 0 Å². The maximum atomic E-state index is 12.0. The Labute approximate surface area is 130 Å². The molecule has 5 heteroatoms. The fourth-order valence-electron chi connectivity index (χ4n) is 2.79. The van der Waals surface area contributed by atoms with Crippen molar-refractivity contribution in [3.05, 3.63) is 48.5 Å². The van der Waals surface area contributed by atoms with Crippen molar-refractivity contribution in [2.45, 2.75) is 25.4 Å². The second-order valence-electron chi connectivity index (χ2n) is 5.74. The van der Waals surface area contributed by atoms with Gasteiger partial charge in [0.1, 0.15) is 6.33 Å². The van der Waals surface area contributed by atoms with E-state index in [4.69, 9.17) is 0 Å². The molecule has 2 heterocycles. The lowest BCUT2D eigenvalue weighted by Crippen LogP contribution is -2.38. The molecule has 22 heavy (non-hydrogen) atoms. The third-order valence-electron chi connectivity index (χ3n) is 4.18. The van der Waals surface area contributed by atoms with Crippen LogP contribution >= 0.6 is 0 Å². The SMILES string of the molecule is C[C@@H](N[C@@H]1CCN(C)C1=O)c1ccc(-c2cncnc2)cc1. The van der Waals surface area contributed by atoms with Gasteiger partial charge in [-0.05, 0) is 24.5 Å². The number of likely N-dealkylation sites (tertiary alicyclic amines) is 1. The van der Waals surface area contributed by atoms with Crippen LogP contribution in [0.2, 0.25) is 0 Å². The molecule has 0 radical (unpaired) electrons. The van der Waals surface area contributed by atoms with Crippen molar-refractivity contribution in [2.75, 3.05) is 13.6 Å². The van der Waals surface area contributed by atoms with Gasteiger partial charge in [0.05, 0.1) is 6.04 Å². The van der Waals surface area contributed by atoms with Gasteiger partial charge in [0.25, 0.3) is 0 Å². The number of nitrogens with zero attached hydrogens (tertiary/aromatic N) is 3. The fourth-order valence-corrected chi connectivity index (χ4v) is 2.79. The maximum absolute atomic E-state index is 12.0. The Kier molecular flexibility index (Phi) is 4.15. The van der Waals surface area contributed by atoms with Gasteiger partial charge in [0.15, 0.2) is 0 Å². The minimum atomic E-state index is -0.0674. The van der Waals surface area contributed by atoms with Gasteiger partial charge < -0.3 is 4.90 Å². The summed E-state index contributed by atoms with van der Waals surface area (Å²) in [5.74, 6) is 0.185. The third-order valence-corrected chi connectivity index (χ3v) is 4.18. The van der Waals surface area contributed by atoms with Crippen molar-refractivity contribution in [1.29, 1.82) is 0 Å². The predicted molar refractivity (Wildman–Crippen MR) is 85.1 cm³/mol. The molecule has 5 nitrogen and oxygen atoms in total. The molecule has 114 valence electrons. The van der Waals surface area contributed by atoms with Gasteiger partial charge in [-0.15, -0.1) is 0 Å². The van der Waals surface area contributed by atoms with Crippen molar-refractivity contribution in [3.8, 4) is 11.1 Å². The second kappa shape index (κ2) is 6.23. The molecule has 1 aliphatic rings. The number of likely N-dealkylation sites (N-methyl/N-ethyl adjacent to an activating group) is 1. The molecule has 1 N–H and O–H groups in total. The zero-order chi connectivity index (χ0) is 15.5. The zero-order valence-corrected chi connectivity index (χ0v) is 12.9. The van der Waals surface area contributed by atoms with E-state index in [1.165, 1.54) is 11.9 Å². The number of aromatic nitrogens is 2. The van der Waals surface area contributed by atoms with Gasteiger partial charge in [-0.2, -0.15) is 0 Å². The molecule has 1 amide bonds. The Morgan fingerprint density at radius 3 is 2.45 bits per heavy atom. The van der Waals surface area contributed by atoms with Crippen LogP contribution in [0, 0.1) is 0 Å². The van der Waals surface area contributed by atoms with E-state index in [1.807, 2.05) is 7.05 Å². The number of hydrogen-bond donors (Lipinski definition) is 1. The largest absolute Gasteiger partial charge is 0.344 e. The molecule has 0 spiro atoms. The molecular weight excluding hydrogens is 276 g/mol. The highest BCUT2D eigenvalue weighted by atomic mass is 16.2. The first-order valence-electron chi connectivity index (χ1n) is 7.51. The van der Waals surface area contributed by atoms with E-state index in [-0.39, 0.29) is 18.0 Å². The molecule has 1 saturated heterocycles. The minimum Gasteiger partial charge on any atom is -0.344 e. The number of benzene rings is 1. The Morgan fingerprint density at radius 2 is 1.86 bits per heavy atom. The van der Waals surface area contributed by atoms with Crippen LogP contribution in [0.4, 0.5) is 0 Å². The molecule has 0 bridgehead atoms. The first-order valence-corrected chi connectivity index (χ1v) is 7.51. The van der Waals surface area contributed by atoms with Crippen LogP contribution in [-0.4, -0.2) is 40.4 Å². The predicted octanol–water partition coefficient (Wildman–Crippen LogP) is 2.02. The number of carbonyl (C=O) groups excluding carboxylic acids is 1.